The molecule has 0 spiro atoms. The second-order valence-electron chi connectivity index (χ2n) is 5.47. The van der Waals surface area contributed by atoms with E-state index in [9.17, 15) is 5.11 Å². The van der Waals surface area contributed by atoms with Crippen molar-refractivity contribution in [2.75, 3.05) is 13.2 Å². The minimum absolute atomic E-state index is 0.257. The van der Waals surface area contributed by atoms with Gasteiger partial charge in [-0.15, -0.1) is 0 Å². The molecule has 0 saturated heterocycles. The molecule has 1 unspecified atom stereocenters. The van der Waals surface area contributed by atoms with E-state index >= 15 is 0 Å². The predicted molar refractivity (Wildman–Crippen MR) is 87.4 cm³/mol. The number of hydrogen-bond acceptors (Lipinski definition) is 5. The van der Waals surface area contributed by atoms with Crippen LogP contribution < -0.4 is 10.1 Å². The van der Waals surface area contributed by atoms with Crippen LogP contribution in [0.5, 0.6) is 5.75 Å². The monoisotopic (exact) mass is 312 g/mol. The number of aliphatic hydroxyl groups excluding tert-OH is 1. The summed E-state index contributed by atoms with van der Waals surface area (Å²) in [5, 5.41) is 13.2. The maximum absolute atomic E-state index is 10.0. The van der Waals surface area contributed by atoms with Crippen LogP contribution in [0.3, 0.4) is 0 Å². The highest BCUT2D eigenvalue weighted by molar-refractivity contribution is 5.36. The number of rotatable bonds is 7. The molecule has 1 atom stereocenters. The van der Waals surface area contributed by atoms with Crippen LogP contribution in [-0.4, -0.2) is 38.7 Å². The van der Waals surface area contributed by atoms with Gasteiger partial charge in [-0.25, -0.2) is 4.98 Å². The van der Waals surface area contributed by atoms with Crippen molar-refractivity contribution in [1.82, 2.24) is 19.7 Å². The van der Waals surface area contributed by atoms with Crippen LogP contribution in [0.25, 0.3) is 5.65 Å². The van der Waals surface area contributed by atoms with Crippen LogP contribution in [-0.2, 0) is 6.54 Å². The molecule has 2 N–H and O–H groups in total. The summed E-state index contributed by atoms with van der Waals surface area (Å²) in [7, 11) is 0. The van der Waals surface area contributed by atoms with Crippen molar-refractivity contribution in [3.8, 4) is 5.75 Å². The summed E-state index contributed by atoms with van der Waals surface area (Å²) in [4.78, 5) is 8.31. The molecule has 0 saturated carbocycles. The smallest absolute Gasteiger partial charge is 0.155 e. The molecule has 1 aromatic carbocycles. The van der Waals surface area contributed by atoms with E-state index in [2.05, 4.69) is 15.3 Å². The second-order valence-corrected chi connectivity index (χ2v) is 5.47. The molecular formula is C17H20N4O2. The second kappa shape index (κ2) is 7.21. The summed E-state index contributed by atoms with van der Waals surface area (Å²) >= 11 is 0. The maximum atomic E-state index is 10.0. The van der Waals surface area contributed by atoms with Crippen LogP contribution in [0.4, 0.5) is 0 Å². The normalized spacial score (nSPS) is 12.4. The van der Waals surface area contributed by atoms with E-state index in [0.29, 0.717) is 13.1 Å². The lowest BCUT2D eigenvalue weighted by Crippen LogP contribution is -2.31. The summed E-state index contributed by atoms with van der Waals surface area (Å²) in [6.07, 6.45) is 6.55. The molecule has 6 nitrogen and oxygen atoms in total. The van der Waals surface area contributed by atoms with Crippen LogP contribution in [0.2, 0.25) is 0 Å². The molecule has 0 aliphatic carbocycles. The Balaban J connectivity index is 1.45. The average Bonchev–Trinajstić information content (AvgIpc) is 2.97. The summed E-state index contributed by atoms with van der Waals surface area (Å²) in [5.74, 6) is 0.776. The first-order valence-electron chi connectivity index (χ1n) is 7.56. The Hall–Kier alpha value is -2.44. The first kappa shape index (κ1) is 15.5. The number of ether oxygens (including phenoxy) is 1. The Morgan fingerprint density at radius 1 is 1.35 bits per heavy atom. The Bertz CT molecular complexity index is 772. The lowest BCUT2D eigenvalue weighted by Gasteiger charge is -2.13. The topological polar surface area (TPSA) is 71.7 Å². The molecule has 0 radical (unpaired) electrons. The number of benzene rings is 1. The zero-order chi connectivity index (χ0) is 16.1. The maximum Gasteiger partial charge on any atom is 0.155 e. The largest absolute Gasteiger partial charge is 0.491 e. The molecule has 23 heavy (non-hydrogen) atoms. The number of nitrogens with one attached hydrogen (secondary N) is 1. The van der Waals surface area contributed by atoms with Crippen LogP contribution in [0, 0.1) is 6.92 Å². The van der Waals surface area contributed by atoms with Crippen LogP contribution >= 0.6 is 0 Å². The molecule has 0 bridgehead atoms. The number of aryl methyl sites for hydroxylation is 1. The van der Waals surface area contributed by atoms with Gasteiger partial charge in [0.05, 0.1) is 18.1 Å². The number of aromatic nitrogens is 3. The van der Waals surface area contributed by atoms with E-state index < -0.39 is 6.10 Å². The van der Waals surface area contributed by atoms with Gasteiger partial charge in [0, 0.05) is 25.5 Å². The fraction of sp³-hybridized carbons (Fsp3) is 0.294. The van der Waals surface area contributed by atoms with Crippen molar-refractivity contribution in [2.45, 2.75) is 19.6 Å². The fourth-order valence-electron chi connectivity index (χ4n) is 2.35. The lowest BCUT2D eigenvalue weighted by atomic mass is 10.2. The minimum Gasteiger partial charge on any atom is -0.491 e. The standard InChI is InChI=1S/C17H20N4O2/c1-13-3-2-4-16(7-13)23-12-15(22)10-19-8-14-9-20-17-11-18-5-6-21(14)17/h2-7,9,11,15,19,22H,8,10,12H2,1H3. The molecule has 120 valence electrons. The van der Waals surface area contributed by atoms with E-state index in [0.717, 1.165) is 22.7 Å². The molecule has 0 aliphatic heterocycles. The van der Waals surface area contributed by atoms with Crippen molar-refractivity contribution >= 4 is 5.65 Å². The van der Waals surface area contributed by atoms with Crippen LogP contribution in [0.1, 0.15) is 11.3 Å². The SMILES string of the molecule is Cc1cccc(OCC(O)CNCc2cnc3cnccn23)c1. The summed E-state index contributed by atoms with van der Waals surface area (Å²) in [5.41, 5.74) is 2.97. The van der Waals surface area contributed by atoms with Crippen molar-refractivity contribution in [3.05, 3.63) is 60.3 Å². The van der Waals surface area contributed by atoms with Crippen LogP contribution in [0.15, 0.2) is 49.1 Å². The molecule has 6 heteroatoms. The Labute approximate surface area is 134 Å². The van der Waals surface area contributed by atoms with Crippen molar-refractivity contribution in [2.24, 2.45) is 0 Å². The van der Waals surface area contributed by atoms with E-state index in [1.807, 2.05) is 41.8 Å². The zero-order valence-electron chi connectivity index (χ0n) is 13.0. The molecule has 2 aromatic heterocycles. The number of fused-ring (bicyclic) bond motifs is 1. The Morgan fingerprint density at radius 3 is 3.13 bits per heavy atom. The number of aliphatic hydroxyl groups is 1. The molecule has 3 rings (SSSR count). The van der Waals surface area contributed by atoms with Crippen molar-refractivity contribution in [3.63, 3.8) is 0 Å². The molecule has 0 fully saturated rings. The summed E-state index contributed by atoms with van der Waals surface area (Å²) < 4.78 is 7.56. The first-order valence-corrected chi connectivity index (χ1v) is 7.56. The van der Waals surface area contributed by atoms with Gasteiger partial charge >= 0.3 is 0 Å². The summed E-state index contributed by atoms with van der Waals surface area (Å²) in [6.45, 7) is 3.33. The van der Waals surface area contributed by atoms with Crippen molar-refractivity contribution < 1.29 is 9.84 Å². The highest BCUT2D eigenvalue weighted by Gasteiger charge is 2.07. The predicted octanol–water partition coefficient (Wildman–Crippen LogP) is 1.57. The molecular weight excluding hydrogens is 292 g/mol. The van der Waals surface area contributed by atoms with Gasteiger partial charge in [-0.1, -0.05) is 12.1 Å². The molecule has 0 aliphatic rings. The highest BCUT2D eigenvalue weighted by atomic mass is 16.5. The van der Waals surface area contributed by atoms with Gasteiger partial charge in [-0.05, 0) is 24.6 Å². The van der Waals surface area contributed by atoms with Crippen molar-refractivity contribution in [1.29, 1.82) is 0 Å². The summed E-state index contributed by atoms with van der Waals surface area (Å²) in [6, 6.07) is 7.79. The molecule has 3 aromatic rings. The Kier molecular flexibility index (Phi) is 4.85. The van der Waals surface area contributed by atoms with Gasteiger partial charge < -0.3 is 15.2 Å². The first-order chi connectivity index (χ1) is 11.2. The van der Waals surface area contributed by atoms with Gasteiger partial charge in [0.2, 0.25) is 0 Å². The third-order valence-corrected chi connectivity index (χ3v) is 3.51. The minimum atomic E-state index is -0.573. The third-order valence-electron chi connectivity index (χ3n) is 3.51. The average molecular weight is 312 g/mol. The van der Waals surface area contributed by atoms with E-state index in [1.54, 1.807) is 18.6 Å². The third kappa shape index (κ3) is 4.06. The van der Waals surface area contributed by atoms with E-state index in [-0.39, 0.29) is 6.61 Å². The quantitative estimate of drug-likeness (QED) is 0.693. The fourth-order valence-corrected chi connectivity index (χ4v) is 2.35. The van der Waals surface area contributed by atoms with Gasteiger partial charge in [0.15, 0.2) is 5.65 Å². The van der Waals surface area contributed by atoms with E-state index in [1.165, 1.54) is 0 Å². The van der Waals surface area contributed by atoms with Gasteiger partial charge in [0.25, 0.3) is 0 Å². The number of nitrogens with zero attached hydrogens (tertiary/aromatic N) is 3. The molecule has 0 amide bonds. The number of hydrogen-bond donors (Lipinski definition) is 2. The van der Waals surface area contributed by atoms with Gasteiger partial charge in [0.1, 0.15) is 18.5 Å². The van der Waals surface area contributed by atoms with Gasteiger partial charge in [-0.3, -0.25) is 9.38 Å². The Morgan fingerprint density at radius 2 is 2.26 bits per heavy atom. The zero-order valence-corrected chi connectivity index (χ0v) is 13.0. The van der Waals surface area contributed by atoms with E-state index in [4.69, 9.17) is 4.74 Å². The molecule has 2 heterocycles. The highest BCUT2D eigenvalue weighted by Crippen LogP contribution is 2.12. The lowest BCUT2D eigenvalue weighted by molar-refractivity contribution is 0.106. The van der Waals surface area contributed by atoms with Gasteiger partial charge in [-0.2, -0.15) is 0 Å². The number of imidazole rings is 1.